The molecule has 8 N–H and O–H groups in total. The molecular formula is C44H72N6O15. The number of hydrogen-bond acceptors (Lipinski definition) is 17. The van der Waals surface area contributed by atoms with Crippen LogP contribution in [0.15, 0.2) is 6.20 Å². The Morgan fingerprint density at radius 3 is 2.32 bits per heavy atom. The van der Waals surface area contributed by atoms with Gasteiger partial charge in [0.1, 0.15) is 54.6 Å². The maximum atomic E-state index is 14.0. The van der Waals surface area contributed by atoms with E-state index in [-0.39, 0.29) is 49.3 Å². The van der Waals surface area contributed by atoms with Gasteiger partial charge < -0.3 is 69.9 Å². The van der Waals surface area contributed by atoms with E-state index in [9.17, 15) is 44.7 Å². The van der Waals surface area contributed by atoms with Gasteiger partial charge >= 0.3 is 0 Å². The normalized spacial score (nSPS) is 34.9. The van der Waals surface area contributed by atoms with Crippen molar-refractivity contribution in [3.63, 3.8) is 0 Å². The lowest BCUT2D eigenvalue weighted by Gasteiger charge is -2.49. The molecule has 65 heavy (non-hydrogen) atoms. The fourth-order valence-corrected chi connectivity index (χ4v) is 9.87. The number of Topliss-reactive ketones (excluding diaryl/α,β-unsaturated/α-hetero) is 1. The van der Waals surface area contributed by atoms with Gasteiger partial charge in [0, 0.05) is 52.0 Å². The molecule has 2 saturated carbocycles. The number of rotatable bonds is 21. The summed E-state index contributed by atoms with van der Waals surface area (Å²) in [5.41, 5.74) is 0.107. The monoisotopic (exact) mass is 925 g/mol. The Kier molecular flexibility index (Phi) is 19.0. The minimum atomic E-state index is -1.64. The van der Waals surface area contributed by atoms with E-state index in [1.165, 1.54) is 24.7 Å². The van der Waals surface area contributed by atoms with Crippen molar-refractivity contribution in [3.05, 3.63) is 11.9 Å². The Hall–Kier alpha value is -3.22. The lowest BCUT2D eigenvalue weighted by Crippen LogP contribution is -2.67. The first-order valence-electron chi connectivity index (χ1n) is 23.7. The Balaban J connectivity index is 1.23. The number of aromatic nitrogens is 3. The highest BCUT2D eigenvalue weighted by atomic mass is 16.7. The third-order valence-electron chi connectivity index (χ3n) is 13.8. The summed E-state index contributed by atoms with van der Waals surface area (Å²) in [6.45, 7) is 5.78. The number of amides is 3. The first kappa shape index (κ1) is 51.2. The van der Waals surface area contributed by atoms with Crippen LogP contribution in [0.4, 0.5) is 0 Å². The van der Waals surface area contributed by atoms with Crippen LogP contribution in [0, 0.1) is 17.8 Å². The number of hydrogen-bond donors (Lipinski definition) is 8. The summed E-state index contributed by atoms with van der Waals surface area (Å²) in [6.07, 6.45) is -5.69. The maximum absolute atomic E-state index is 14.0. The molecule has 0 spiro atoms. The summed E-state index contributed by atoms with van der Waals surface area (Å²) in [5.74, 6) is -2.04. The lowest BCUT2D eigenvalue weighted by atomic mass is 9.74. The fourth-order valence-electron chi connectivity index (χ4n) is 9.87. The van der Waals surface area contributed by atoms with E-state index >= 15 is 0 Å². The molecule has 1 aromatic rings. The van der Waals surface area contributed by atoms with Crippen molar-refractivity contribution >= 4 is 23.5 Å². The molecule has 6 rings (SSSR count). The number of aryl methyl sites for hydroxylation is 1. The van der Waals surface area contributed by atoms with Gasteiger partial charge in [-0.3, -0.25) is 23.9 Å². The van der Waals surface area contributed by atoms with Crippen molar-refractivity contribution in [2.45, 2.75) is 190 Å². The first-order chi connectivity index (χ1) is 31.2. The van der Waals surface area contributed by atoms with Crippen molar-refractivity contribution in [2.75, 3.05) is 32.8 Å². The number of ether oxygens (including phenoxy) is 5. The van der Waals surface area contributed by atoms with E-state index in [4.69, 9.17) is 28.8 Å². The van der Waals surface area contributed by atoms with Crippen molar-refractivity contribution in [1.29, 1.82) is 0 Å². The van der Waals surface area contributed by atoms with E-state index in [0.717, 1.165) is 38.5 Å². The molecule has 21 nitrogen and oxygen atoms in total. The molecule has 0 radical (unpaired) electrons. The summed E-state index contributed by atoms with van der Waals surface area (Å²) in [6, 6.07) is -1.21. The van der Waals surface area contributed by atoms with Crippen molar-refractivity contribution in [2.24, 2.45) is 17.8 Å². The molecule has 6 unspecified atom stereocenters. The summed E-state index contributed by atoms with van der Waals surface area (Å²) < 4.78 is 33.5. The molecule has 2 aliphatic carbocycles. The fraction of sp³-hybridized carbons (Fsp3) is 0.864. The second-order valence-corrected chi connectivity index (χ2v) is 18.5. The van der Waals surface area contributed by atoms with Gasteiger partial charge in [-0.15, -0.1) is 5.10 Å². The quantitative estimate of drug-likeness (QED) is 0.0709. The van der Waals surface area contributed by atoms with Crippen molar-refractivity contribution in [1.82, 2.24) is 30.5 Å². The van der Waals surface area contributed by atoms with Gasteiger partial charge in [-0.05, 0) is 57.3 Å². The largest absolute Gasteiger partial charge is 0.396 e. The molecule has 21 heteroatoms. The van der Waals surface area contributed by atoms with Gasteiger partial charge in [0.2, 0.25) is 5.91 Å². The molecule has 3 saturated heterocycles. The molecular weight excluding hydrogens is 853 g/mol. The topological polar surface area (TPSA) is 294 Å². The highest BCUT2D eigenvalue weighted by molar-refractivity contribution is 5.91. The predicted octanol–water partition coefficient (Wildman–Crippen LogP) is -0.687. The predicted molar refractivity (Wildman–Crippen MR) is 227 cm³/mol. The zero-order valence-corrected chi connectivity index (χ0v) is 37.9. The minimum absolute atomic E-state index is 0.0267. The number of aliphatic hydroxyl groups is 6. The average Bonchev–Trinajstić information content (AvgIpc) is 3.76. The number of ketones is 1. The van der Waals surface area contributed by atoms with Crippen molar-refractivity contribution < 1.29 is 73.5 Å². The third kappa shape index (κ3) is 13.1. The summed E-state index contributed by atoms with van der Waals surface area (Å²) in [7, 11) is 0. The molecule has 3 amide bonds. The van der Waals surface area contributed by atoms with Crippen LogP contribution in [0.25, 0.3) is 0 Å². The second kappa shape index (κ2) is 24.2. The zero-order valence-electron chi connectivity index (χ0n) is 37.9. The molecule has 1 aromatic heterocycles. The molecule has 4 heterocycles. The van der Waals surface area contributed by atoms with Crippen LogP contribution in [-0.4, -0.2) is 187 Å². The van der Waals surface area contributed by atoms with E-state index in [0.29, 0.717) is 51.7 Å². The second-order valence-electron chi connectivity index (χ2n) is 18.5. The molecule has 0 aromatic carbocycles. The van der Waals surface area contributed by atoms with Crippen LogP contribution in [0.3, 0.4) is 0 Å². The highest BCUT2D eigenvalue weighted by Crippen LogP contribution is 2.40. The standard InChI is InChI=1S/C44H72N6O15/c1-4-27-20-28(30(54)13-8-14-45-41(59)29-22-50(48-47-29)17-10-18-51)21-31(39(27)65-44-38(58)37(57)35(55)24(2)61-44)63-43-34(46-25(3)53)40(36(56)33(23-52)64-43)62-32(42(60)49-15-9-16-49)19-26-11-6-5-7-12-26/h22,24,26-28,31-40,43-44,51-52,55-58H,4-21,23H2,1-3H3,(H,45,59)(H,46,53)/t24?,27?,28?,31-,32+,33+,34?,35-,36+,37+,38?,39-,40?,43-,44+/m1/s1. The number of carbonyl (C=O) groups excluding carboxylic acids is 4. The maximum Gasteiger partial charge on any atom is 0.273 e. The number of nitrogens with zero attached hydrogens (tertiary/aromatic N) is 4. The van der Waals surface area contributed by atoms with Crippen LogP contribution in [0.2, 0.25) is 0 Å². The van der Waals surface area contributed by atoms with Crippen LogP contribution >= 0.6 is 0 Å². The average molecular weight is 925 g/mol. The number of aliphatic hydroxyl groups excluding tert-OH is 6. The first-order valence-corrected chi connectivity index (χ1v) is 23.7. The van der Waals surface area contributed by atoms with Gasteiger partial charge in [0.25, 0.3) is 11.8 Å². The molecule has 15 atom stereocenters. The van der Waals surface area contributed by atoms with E-state index < -0.39 is 110 Å². The Morgan fingerprint density at radius 1 is 0.908 bits per heavy atom. The van der Waals surface area contributed by atoms with Crippen LogP contribution in [-0.2, 0) is 44.6 Å². The van der Waals surface area contributed by atoms with Gasteiger partial charge in [-0.2, -0.15) is 0 Å². The SMILES string of the molecule is CCC1CC(C(=O)CCCNC(=O)c2cn(CCCO)nn2)C[C@@H](O[C@@H]2O[C@@H](CO)[C@H](O)C(O[C@@H](CC3CCCCC3)C(=O)N3CCC3)C2NC(C)=O)[C@@H]1O[C@@H]1OC(C)[C@@H](O)[C@H](O)C1O. The molecule has 3 aliphatic heterocycles. The summed E-state index contributed by atoms with van der Waals surface area (Å²) in [5, 5.41) is 76.9. The van der Waals surface area contributed by atoms with Gasteiger partial charge in [-0.25, -0.2) is 0 Å². The van der Waals surface area contributed by atoms with Gasteiger partial charge in [0.15, 0.2) is 18.3 Å². The number of nitrogens with one attached hydrogen (secondary N) is 2. The molecule has 368 valence electrons. The summed E-state index contributed by atoms with van der Waals surface area (Å²) >= 11 is 0. The van der Waals surface area contributed by atoms with Crippen LogP contribution < -0.4 is 10.6 Å². The Bertz CT molecular complexity index is 1700. The Morgan fingerprint density at radius 2 is 1.66 bits per heavy atom. The number of carbonyl (C=O) groups is 4. The van der Waals surface area contributed by atoms with Crippen molar-refractivity contribution in [3.8, 4) is 0 Å². The third-order valence-corrected chi connectivity index (χ3v) is 13.8. The smallest absolute Gasteiger partial charge is 0.273 e. The van der Waals surface area contributed by atoms with Gasteiger partial charge in [0.05, 0.1) is 31.1 Å². The Labute approximate surface area is 379 Å². The molecule has 5 aliphatic rings. The molecule has 0 bridgehead atoms. The highest BCUT2D eigenvalue weighted by Gasteiger charge is 2.53. The minimum Gasteiger partial charge on any atom is -0.396 e. The number of likely N-dealkylation sites (tertiary alicyclic amines) is 1. The van der Waals surface area contributed by atoms with Gasteiger partial charge in [-0.1, -0.05) is 50.7 Å². The molecule has 5 fully saturated rings. The summed E-state index contributed by atoms with van der Waals surface area (Å²) in [4.78, 5) is 55.4. The van der Waals surface area contributed by atoms with Crippen LogP contribution in [0.1, 0.15) is 115 Å². The van der Waals surface area contributed by atoms with Crippen LogP contribution in [0.5, 0.6) is 0 Å². The van der Waals surface area contributed by atoms with E-state index in [2.05, 4.69) is 20.9 Å². The van der Waals surface area contributed by atoms with E-state index in [1.54, 1.807) is 4.90 Å². The van der Waals surface area contributed by atoms with E-state index in [1.807, 2.05) is 6.92 Å². The lowest BCUT2D eigenvalue weighted by molar-refractivity contribution is -0.338. The zero-order chi connectivity index (χ0) is 46.8.